The fourth-order valence-corrected chi connectivity index (χ4v) is 3.86. The molecule has 118 valence electrons. The van der Waals surface area contributed by atoms with Gasteiger partial charge in [0.2, 0.25) is 15.0 Å². The molecule has 0 N–H and O–H groups in total. The summed E-state index contributed by atoms with van der Waals surface area (Å²) in [5.41, 5.74) is 0. The maximum atomic E-state index is 11.7. The second-order valence-electron chi connectivity index (χ2n) is 6.75. The number of hydrogen-bond donors (Lipinski definition) is 0. The molecule has 0 aliphatic carbocycles. The molecule has 1 amide bonds. The van der Waals surface area contributed by atoms with E-state index >= 15 is 0 Å². The Labute approximate surface area is 127 Å². The van der Waals surface area contributed by atoms with Crippen molar-refractivity contribution in [3.8, 4) is 0 Å². The van der Waals surface area contributed by atoms with Crippen LogP contribution in [0.25, 0.3) is 0 Å². The lowest BCUT2D eigenvalue weighted by Crippen LogP contribution is -2.43. The molecule has 1 heterocycles. The van der Waals surface area contributed by atoms with E-state index in [1.54, 1.807) is 0 Å². The van der Waals surface area contributed by atoms with Crippen LogP contribution in [0.4, 0.5) is 0 Å². The molecule has 1 aliphatic rings. The molecule has 1 atom stereocenters. The van der Waals surface area contributed by atoms with Gasteiger partial charge in [-0.05, 0) is 18.1 Å². The minimum atomic E-state index is -3.67. The van der Waals surface area contributed by atoms with E-state index in [0.717, 1.165) is 0 Å². The SMILES string of the molecule is CC(C)(C)[Si](C)(C)OCCN1CC(S(=O)(=O)Cl)CC1=O. The first-order valence-corrected chi connectivity index (χ1v) is 12.0. The van der Waals surface area contributed by atoms with Gasteiger partial charge in [-0.25, -0.2) is 8.42 Å². The van der Waals surface area contributed by atoms with Crippen LogP contribution in [-0.2, 0) is 18.3 Å². The summed E-state index contributed by atoms with van der Waals surface area (Å²) >= 11 is 0. The van der Waals surface area contributed by atoms with Crippen LogP contribution < -0.4 is 0 Å². The van der Waals surface area contributed by atoms with Crippen LogP contribution in [0, 0.1) is 0 Å². The maximum absolute atomic E-state index is 11.7. The van der Waals surface area contributed by atoms with Crippen molar-refractivity contribution in [3.05, 3.63) is 0 Å². The second kappa shape index (κ2) is 5.94. The number of amides is 1. The van der Waals surface area contributed by atoms with Gasteiger partial charge in [-0.1, -0.05) is 20.8 Å². The minimum absolute atomic E-state index is 0.0219. The molecule has 0 saturated carbocycles. The van der Waals surface area contributed by atoms with Gasteiger partial charge >= 0.3 is 0 Å². The monoisotopic (exact) mass is 341 g/mol. The molecule has 1 unspecified atom stereocenters. The molecular weight excluding hydrogens is 318 g/mol. The number of carbonyl (C=O) groups is 1. The number of nitrogens with zero attached hydrogens (tertiary/aromatic N) is 1. The lowest BCUT2D eigenvalue weighted by atomic mass is 10.2. The Morgan fingerprint density at radius 2 is 1.95 bits per heavy atom. The smallest absolute Gasteiger partial charge is 0.237 e. The first-order chi connectivity index (χ1) is 8.84. The highest BCUT2D eigenvalue weighted by atomic mass is 35.7. The average Bonchev–Trinajstić information content (AvgIpc) is 2.58. The van der Waals surface area contributed by atoms with Crippen LogP contribution in [0.5, 0.6) is 0 Å². The summed E-state index contributed by atoms with van der Waals surface area (Å²) in [7, 11) is -0.197. The molecule has 0 aromatic carbocycles. The van der Waals surface area contributed by atoms with Crippen molar-refractivity contribution in [1.82, 2.24) is 4.90 Å². The topological polar surface area (TPSA) is 63.7 Å². The number of rotatable bonds is 5. The first kappa shape index (κ1) is 17.9. The van der Waals surface area contributed by atoms with Gasteiger partial charge in [-0.15, -0.1) is 0 Å². The fourth-order valence-electron chi connectivity index (χ4n) is 1.77. The lowest BCUT2D eigenvalue weighted by Gasteiger charge is -2.36. The van der Waals surface area contributed by atoms with Crippen LogP contribution in [0.3, 0.4) is 0 Å². The lowest BCUT2D eigenvalue weighted by molar-refractivity contribution is -0.128. The Morgan fingerprint density at radius 1 is 1.40 bits per heavy atom. The van der Waals surface area contributed by atoms with Gasteiger partial charge in [-0.2, -0.15) is 0 Å². The molecule has 1 fully saturated rings. The molecule has 5 nitrogen and oxygen atoms in total. The summed E-state index contributed by atoms with van der Waals surface area (Å²) in [6.07, 6.45) is -0.0219. The van der Waals surface area contributed by atoms with Crippen LogP contribution in [0.1, 0.15) is 27.2 Å². The Kier molecular flexibility index (Phi) is 5.33. The van der Waals surface area contributed by atoms with E-state index in [-0.39, 0.29) is 23.9 Å². The van der Waals surface area contributed by atoms with Crippen LogP contribution in [0.2, 0.25) is 18.1 Å². The minimum Gasteiger partial charge on any atom is -0.415 e. The Bertz CT molecular complexity index is 472. The fraction of sp³-hybridized carbons (Fsp3) is 0.917. The standard InChI is InChI=1S/C12H24ClNO4SSi/c1-12(2,3)20(4,5)18-7-6-14-9-10(8-11(14)15)19(13,16)17/h10H,6-9H2,1-5H3. The average molecular weight is 342 g/mol. The van der Waals surface area contributed by atoms with Crippen molar-refractivity contribution in [2.24, 2.45) is 0 Å². The van der Waals surface area contributed by atoms with Gasteiger partial charge in [-0.3, -0.25) is 4.79 Å². The Morgan fingerprint density at radius 3 is 2.35 bits per heavy atom. The van der Waals surface area contributed by atoms with Gasteiger partial charge in [0, 0.05) is 30.2 Å². The van der Waals surface area contributed by atoms with Crippen molar-refractivity contribution < 1.29 is 17.6 Å². The van der Waals surface area contributed by atoms with E-state index in [0.29, 0.717) is 13.2 Å². The summed E-state index contributed by atoms with van der Waals surface area (Å²) in [6, 6.07) is 0. The van der Waals surface area contributed by atoms with E-state index in [1.807, 2.05) is 0 Å². The zero-order chi connectivity index (χ0) is 15.8. The van der Waals surface area contributed by atoms with Gasteiger partial charge in [0.15, 0.2) is 8.32 Å². The van der Waals surface area contributed by atoms with E-state index in [9.17, 15) is 13.2 Å². The highest BCUT2D eigenvalue weighted by molar-refractivity contribution is 8.14. The van der Waals surface area contributed by atoms with Gasteiger partial charge in [0.05, 0.1) is 6.61 Å². The summed E-state index contributed by atoms with van der Waals surface area (Å²) in [4.78, 5) is 13.3. The molecule has 20 heavy (non-hydrogen) atoms. The number of likely N-dealkylation sites (tertiary alicyclic amines) is 1. The number of halogens is 1. The largest absolute Gasteiger partial charge is 0.415 e. The molecule has 1 saturated heterocycles. The highest BCUT2D eigenvalue weighted by Crippen LogP contribution is 2.36. The van der Waals surface area contributed by atoms with Crippen molar-refractivity contribution in [2.75, 3.05) is 19.7 Å². The third-order valence-electron chi connectivity index (χ3n) is 4.21. The van der Waals surface area contributed by atoms with Crippen molar-refractivity contribution in [3.63, 3.8) is 0 Å². The van der Waals surface area contributed by atoms with Crippen molar-refractivity contribution in [2.45, 2.75) is 50.6 Å². The molecule has 8 heteroatoms. The van der Waals surface area contributed by atoms with Crippen molar-refractivity contribution in [1.29, 1.82) is 0 Å². The molecule has 0 aromatic rings. The Hall–Kier alpha value is -0.113. The third kappa shape index (κ3) is 4.44. The molecule has 1 aliphatic heterocycles. The normalized spacial score (nSPS) is 21.6. The molecule has 0 spiro atoms. The molecule has 0 aromatic heterocycles. The summed E-state index contributed by atoms with van der Waals surface area (Å²) < 4.78 is 28.5. The van der Waals surface area contributed by atoms with Crippen LogP contribution >= 0.6 is 10.7 Å². The third-order valence-corrected chi connectivity index (χ3v) is 10.6. The quantitative estimate of drug-likeness (QED) is 0.568. The van der Waals surface area contributed by atoms with Crippen LogP contribution in [0.15, 0.2) is 0 Å². The maximum Gasteiger partial charge on any atom is 0.237 e. The Balaban J connectivity index is 2.50. The first-order valence-electron chi connectivity index (χ1n) is 6.70. The number of carbonyl (C=O) groups excluding carboxylic acids is 1. The van der Waals surface area contributed by atoms with Gasteiger partial charge < -0.3 is 9.33 Å². The van der Waals surface area contributed by atoms with E-state index < -0.39 is 22.6 Å². The van der Waals surface area contributed by atoms with E-state index in [4.69, 9.17) is 15.1 Å². The highest BCUT2D eigenvalue weighted by Gasteiger charge is 2.39. The molecule has 0 bridgehead atoms. The van der Waals surface area contributed by atoms with Gasteiger partial charge in [0.1, 0.15) is 5.25 Å². The zero-order valence-corrected chi connectivity index (χ0v) is 15.3. The summed E-state index contributed by atoms with van der Waals surface area (Å²) in [5, 5.41) is -0.672. The predicted molar refractivity (Wildman–Crippen MR) is 82.9 cm³/mol. The van der Waals surface area contributed by atoms with Gasteiger partial charge in [0.25, 0.3) is 0 Å². The molecule has 1 rings (SSSR count). The second-order valence-corrected chi connectivity index (χ2v) is 14.5. The predicted octanol–water partition coefficient (Wildman–Crippen LogP) is 2.18. The number of hydrogen-bond acceptors (Lipinski definition) is 4. The van der Waals surface area contributed by atoms with Crippen molar-refractivity contribution >= 4 is 34.0 Å². The molecular formula is C12H24ClNO4SSi. The van der Waals surface area contributed by atoms with Crippen LogP contribution in [-0.4, -0.2) is 52.5 Å². The van der Waals surface area contributed by atoms with E-state index in [2.05, 4.69) is 33.9 Å². The molecule has 0 radical (unpaired) electrons. The summed E-state index contributed by atoms with van der Waals surface area (Å²) in [6.45, 7) is 11.8. The zero-order valence-electron chi connectivity index (χ0n) is 12.8. The summed E-state index contributed by atoms with van der Waals surface area (Å²) in [5.74, 6) is -0.168. The van der Waals surface area contributed by atoms with E-state index in [1.165, 1.54) is 4.90 Å².